The zero-order chi connectivity index (χ0) is 14.4. The van der Waals surface area contributed by atoms with E-state index in [9.17, 15) is 4.79 Å². The summed E-state index contributed by atoms with van der Waals surface area (Å²) in [7, 11) is 0. The van der Waals surface area contributed by atoms with Gasteiger partial charge in [-0.1, -0.05) is 38.1 Å². The summed E-state index contributed by atoms with van der Waals surface area (Å²) in [5.41, 5.74) is 2.64. The summed E-state index contributed by atoms with van der Waals surface area (Å²) in [5, 5.41) is 0. The smallest absolute Gasteiger partial charge is 0.210 e. The summed E-state index contributed by atoms with van der Waals surface area (Å²) < 4.78 is 0. The van der Waals surface area contributed by atoms with Crippen molar-refractivity contribution in [2.24, 2.45) is 0 Å². The molecule has 0 saturated carbocycles. The van der Waals surface area contributed by atoms with E-state index in [2.05, 4.69) is 43.0 Å². The van der Waals surface area contributed by atoms with E-state index in [0.717, 1.165) is 51.9 Å². The molecule has 3 nitrogen and oxygen atoms in total. The molecule has 1 aliphatic heterocycles. The molecule has 2 rings (SSSR count). The average molecular weight is 274 g/mol. The van der Waals surface area contributed by atoms with Gasteiger partial charge >= 0.3 is 0 Å². The molecule has 0 spiro atoms. The first-order valence-electron chi connectivity index (χ1n) is 7.78. The second-order valence-corrected chi connectivity index (χ2v) is 5.57. The third kappa shape index (κ3) is 3.60. The fraction of sp³-hybridized carbons (Fsp3) is 0.588. The second-order valence-electron chi connectivity index (χ2n) is 5.57. The van der Waals surface area contributed by atoms with E-state index < -0.39 is 0 Å². The molecule has 110 valence electrons. The predicted molar refractivity (Wildman–Crippen MR) is 82.6 cm³/mol. The highest BCUT2D eigenvalue weighted by molar-refractivity contribution is 5.48. The summed E-state index contributed by atoms with van der Waals surface area (Å²) in [6.45, 7) is 8.47. The van der Waals surface area contributed by atoms with E-state index in [1.807, 2.05) is 4.90 Å². The predicted octanol–water partition coefficient (Wildman–Crippen LogP) is 2.69. The van der Waals surface area contributed by atoms with Gasteiger partial charge in [-0.3, -0.25) is 4.79 Å². The van der Waals surface area contributed by atoms with Gasteiger partial charge in [0.1, 0.15) is 0 Å². The molecule has 0 unspecified atom stereocenters. The topological polar surface area (TPSA) is 23.6 Å². The minimum Gasteiger partial charge on any atom is -0.338 e. The molecule has 1 amide bonds. The van der Waals surface area contributed by atoms with Gasteiger partial charge in [0.2, 0.25) is 6.41 Å². The molecule has 1 saturated heterocycles. The van der Waals surface area contributed by atoms with Gasteiger partial charge in [-0.2, -0.15) is 0 Å². The lowest BCUT2D eigenvalue weighted by Crippen LogP contribution is -2.44. The van der Waals surface area contributed by atoms with Crippen molar-refractivity contribution in [2.75, 3.05) is 19.6 Å². The van der Waals surface area contributed by atoms with E-state index in [-0.39, 0.29) is 0 Å². The molecule has 0 bridgehead atoms. The summed E-state index contributed by atoms with van der Waals surface area (Å²) >= 11 is 0. The summed E-state index contributed by atoms with van der Waals surface area (Å²) in [6, 6.07) is 8.86. The summed E-state index contributed by atoms with van der Waals surface area (Å²) in [6.07, 6.45) is 4.26. The van der Waals surface area contributed by atoms with Crippen LogP contribution in [0.4, 0.5) is 0 Å². The fourth-order valence-corrected chi connectivity index (χ4v) is 3.07. The first-order valence-corrected chi connectivity index (χ1v) is 7.78. The number of nitrogens with zero attached hydrogens (tertiary/aromatic N) is 2. The number of carbonyl (C=O) groups is 1. The zero-order valence-electron chi connectivity index (χ0n) is 12.7. The van der Waals surface area contributed by atoms with Crippen LogP contribution in [0.3, 0.4) is 0 Å². The Kier molecular flexibility index (Phi) is 5.60. The summed E-state index contributed by atoms with van der Waals surface area (Å²) in [4.78, 5) is 15.9. The van der Waals surface area contributed by atoms with Gasteiger partial charge in [-0.15, -0.1) is 0 Å². The van der Waals surface area contributed by atoms with Crippen molar-refractivity contribution in [3.05, 3.63) is 35.4 Å². The first-order chi connectivity index (χ1) is 9.78. The van der Waals surface area contributed by atoms with Gasteiger partial charge in [0, 0.05) is 25.7 Å². The number of piperidine rings is 1. The van der Waals surface area contributed by atoms with Crippen LogP contribution in [0.2, 0.25) is 0 Å². The molecule has 1 fully saturated rings. The van der Waals surface area contributed by atoms with Crippen LogP contribution in [-0.2, 0) is 17.8 Å². The molecule has 1 aliphatic rings. The monoisotopic (exact) mass is 274 g/mol. The van der Waals surface area contributed by atoms with Crippen LogP contribution in [0.1, 0.15) is 37.8 Å². The number of aryl methyl sites for hydroxylation is 1. The average Bonchev–Trinajstić information content (AvgIpc) is 2.53. The lowest BCUT2D eigenvalue weighted by Gasteiger charge is -2.36. The number of carbonyl (C=O) groups excluding carboxylic acids is 1. The third-order valence-electron chi connectivity index (χ3n) is 4.46. The molecule has 3 heteroatoms. The van der Waals surface area contributed by atoms with Crippen molar-refractivity contribution in [1.29, 1.82) is 0 Å². The van der Waals surface area contributed by atoms with Gasteiger partial charge in [0.15, 0.2) is 0 Å². The van der Waals surface area contributed by atoms with Gasteiger partial charge in [0.05, 0.1) is 0 Å². The minimum atomic E-state index is 0.403. The Morgan fingerprint density at radius 2 is 1.85 bits per heavy atom. The number of hydrogen-bond acceptors (Lipinski definition) is 2. The Balaban J connectivity index is 2.00. The first kappa shape index (κ1) is 15.0. The van der Waals surface area contributed by atoms with Crippen LogP contribution in [0, 0.1) is 0 Å². The second kappa shape index (κ2) is 7.44. The molecular formula is C17H26N2O. The highest BCUT2D eigenvalue weighted by atomic mass is 16.1. The number of rotatable bonds is 6. The van der Waals surface area contributed by atoms with Crippen molar-refractivity contribution in [2.45, 2.75) is 45.7 Å². The Hall–Kier alpha value is -1.35. The maximum absolute atomic E-state index is 11.5. The van der Waals surface area contributed by atoms with Crippen LogP contribution in [0.5, 0.6) is 0 Å². The lowest BCUT2D eigenvalue weighted by atomic mass is 10.0. The van der Waals surface area contributed by atoms with Crippen molar-refractivity contribution >= 4 is 6.41 Å². The Morgan fingerprint density at radius 3 is 2.40 bits per heavy atom. The fourth-order valence-electron chi connectivity index (χ4n) is 3.07. The van der Waals surface area contributed by atoms with Crippen molar-refractivity contribution < 1.29 is 4.79 Å². The number of hydrogen-bond donors (Lipinski definition) is 0. The van der Waals surface area contributed by atoms with Crippen molar-refractivity contribution in [1.82, 2.24) is 9.80 Å². The highest BCUT2D eigenvalue weighted by Gasteiger charge is 2.23. The third-order valence-corrected chi connectivity index (χ3v) is 4.46. The van der Waals surface area contributed by atoms with Gasteiger partial charge in [-0.25, -0.2) is 0 Å². The highest BCUT2D eigenvalue weighted by Crippen LogP contribution is 2.19. The Bertz CT molecular complexity index is 425. The molecule has 0 atom stereocenters. The van der Waals surface area contributed by atoms with Gasteiger partial charge in [0.25, 0.3) is 0 Å². The molecule has 0 radical (unpaired) electrons. The molecule has 20 heavy (non-hydrogen) atoms. The molecule has 0 aliphatic carbocycles. The molecule has 0 aromatic heterocycles. The van der Waals surface area contributed by atoms with Crippen molar-refractivity contribution in [3.63, 3.8) is 0 Å². The zero-order valence-corrected chi connectivity index (χ0v) is 12.7. The van der Waals surface area contributed by atoms with Crippen LogP contribution in [0.15, 0.2) is 24.3 Å². The van der Waals surface area contributed by atoms with E-state index >= 15 is 0 Å². The van der Waals surface area contributed by atoms with Gasteiger partial charge < -0.3 is 9.80 Å². The van der Waals surface area contributed by atoms with Crippen LogP contribution >= 0.6 is 0 Å². The molecule has 1 aromatic rings. The Morgan fingerprint density at radius 1 is 1.20 bits per heavy atom. The Labute approximate surface area is 122 Å². The SMILES string of the molecule is CCc1ccccc1CN(C=O)C1CCN(CC)CC1. The lowest BCUT2D eigenvalue weighted by molar-refractivity contribution is -0.121. The maximum atomic E-state index is 11.5. The largest absolute Gasteiger partial charge is 0.338 e. The number of amides is 1. The molecule has 0 N–H and O–H groups in total. The standard InChI is InChI=1S/C17H26N2O/c1-3-15-7-5-6-8-16(15)13-19(14-20)17-9-11-18(4-2)12-10-17/h5-8,14,17H,3-4,9-13H2,1-2H3. The van der Waals surface area contributed by atoms with E-state index in [0.29, 0.717) is 6.04 Å². The number of likely N-dealkylation sites (tertiary alicyclic amines) is 1. The van der Waals surface area contributed by atoms with Crippen molar-refractivity contribution in [3.8, 4) is 0 Å². The molecular weight excluding hydrogens is 248 g/mol. The number of benzene rings is 1. The van der Waals surface area contributed by atoms with Crippen LogP contribution < -0.4 is 0 Å². The normalized spacial score (nSPS) is 17.1. The van der Waals surface area contributed by atoms with Crippen LogP contribution in [-0.4, -0.2) is 41.9 Å². The summed E-state index contributed by atoms with van der Waals surface area (Å²) in [5.74, 6) is 0. The molecule has 1 aromatic carbocycles. The minimum absolute atomic E-state index is 0.403. The van der Waals surface area contributed by atoms with Crippen LogP contribution in [0.25, 0.3) is 0 Å². The maximum Gasteiger partial charge on any atom is 0.210 e. The van der Waals surface area contributed by atoms with Gasteiger partial charge in [-0.05, 0) is 36.9 Å². The van der Waals surface area contributed by atoms with E-state index in [1.165, 1.54) is 11.1 Å². The quantitative estimate of drug-likeness (QED) is 0.745. The van der Waals surface area contributed by atoms with E-state index in [4.69, 9.17) is 0 Å². The van der Waals surface area contributed by atoms with E-state index in [1.54, 1.807) is 0 Å². The molecule has 1 heterocycles.